The SMILES string of the molecule is O=C(O)c1ccc(/C=C/c2nc(-c3ccc(F)cc3)cs2)cc1. The molecule has 0 unspecified atom stereocenters. The van der Waals surface area contributed by atoms with Crippen LogP contribution in [0.4, 0.5) is 4.39 Å². The molecular formula is C18H12FNO2S. The second-order valence-corrected chi connectivity index (χ2v) is 5.73. The van der Waals surface area contributed by atoms with Crippen molar-refractivity contribution in [2.24, 2.45) is 0 Å². The Hall–Kier alpha value is -2.79. The number of aromatic nitrogens is 1. The van der Waals surface area contributed by atoms with Gasteiger partial charge in [-0.25, -0.2) is 14.2 Å². The van der Waals surface area contributed by atoms with Gasteiger partial charge in [-0.15, -0.1) is 11.3 Å². The Morgan fingerprint density at radius 2 is 1.74 bits per heavy atom. The summed E-state index contributed by atoms with van der Waals surface area (Å²) in [6, 6.07) is 12.8. The van der Waals surface area contributed by atoms with Gasteiger partial charge >= 0.3 is 5.97 Å². The summed E-state index contributed by atoms with van der Waals surface area (Å²) in [5, 5.41) is 11.6. The Morgan fingerprint density at radius 1 is 1.04 bits per heavy atom. The van der Waals surface area contributed by atoms with E-state index in [-0.39, 0.29) is 11.4 Å². The molecule has 2 aromatic carbocycles. The van der Waals surface area contributed by atoms with Crippen molar-refractivity contribution in [2.45, 2.75) is 0 Å². The van der Waals surface area contributed by atoms with Crippen LogP contribution in [0.3, 0.4) is 0 Å². The molecule has 3 nitrogen and oxygen atoms in total. The van der Waals surface area contributed by atoms with Crippen molar-refractivity contribution in [3.63, 3.8) is 0 Å². The molecule has 3 aromatic rings. The normalized spacial score (nSPS) is 11.0. The highest BCUT2D eigenvalue weighted by Crippen LogP contribution is 2.23. The maximum absolute atomic E-state index is 12.9. The summed E-state index contributed by atoms with van der Waals surface area (Å²) in [7, 11) is 0. The van der Waals surface area contributed by atoms with Crippen LogP contribution in [0, 0.1) is 5.82 Å². The summed E-state index contributed by atoms with van der Waals surface area (Å²) in [5.74, 6) is -1.21. The first-order valence-corrected chi connectivity index (χ1v) is 7.73. The second kappa shape index (κ2) is 6.54. The van der Waals surface area contributed by atoms with Crippen LogP contribution in [-0.4, -0.2) is 16.1 Å². The number of nitrogens with zero attached hydrogens (tertiary/aromatic N) is 1. The summed E-state index contributed by atoms with van der Waals surface area (Å²) in [5.41, 5.74) is 2.83. The lowest BCUT2D eigenvalue weighted by atomic mass is 10.1. The third kappa shape index (κ3) is 3.70. The van der Waals surface area contributed by atoms with Gasteiger partial charge in [-0.05, 0) is 48.0 Å². The monoisotopic (exact) mass is 325 g/mol. The Bertz CT molecular complexity index is 851. The van der Waals surface area contributed by atoms with Crippen LogP contribution in [0.1, 0.15) is 20.9 Å². The third-order valence-corrected chi connectivity index (χ3v) is 4.05. The van der Waals surface area contributed by atoms with Crippen molar-refractivity contribution in [2.75, 3.05) is 0 Å². The number of carbonyl (C=O) groups is 1. The molecular weight excluding hydrogens is 313 g/mol. The zero-order valence-electron chi connectivity index (χ0n) is 11.9. The van der Waals surface area contributed by atoms with Gasteiger partial charge in [0, 0.05) is 10.9 Å². The summed E-state index contributed by atoms with van der Waals surface area (Å²) < 4.78 is 12.9. The van der Waals surface area contributed by atoms with Crippen LogP contribution in [0.2, 0.25) is 0 Å². The smallest absolute Gasteiger partial charge is 0.335 e. The van der Waals surface area contributed by atoms with Crippen LogP contribution in [0.15, 0.2) is 53.9 Å². The van der Waals surface area contributed by atoms with Crippen LogP contribution >= 0.6 is 11.3 Å². The van der Waals surface area contributed by atoms with Crippen molar-refractivity contribution in [1.82, 2.24) is 4.98 Å². The molecule has 0 fully saturated rings. The van der Waals surface area contributed by atoms with Gasteiger partial charge in [-0.1, -0.05) is 18.2 Å². The Kier molecular flexibility index (Phi) is 4.30. The molecule has 0 aliphatic carbocycles. The molecule has 1 N–H and O–H groups in total. The van der Waals surface area contributed by atoms with Crippen molar-refractivity contribution >= 4 is 29.5 Å². The predicted octanol–water partition coefficient (Wildman–Crippen LogP) is 4.82. The molecule has 0 bridgehead atoms. The van der Waals surface area contributed by atoms with Gasteiger partial charge in [0.05, 0.1) is 11.3 Å². The van der Waals surface area contributed by atoms with E-state index in [1.165, 1.54) is 23.5 Å². The van der Waals surface area contributed by atoms with Crippen LogP contribution < -0.4 is 0 Å². The molecule has 0 aliphatic rings. The number of hydrogen-bond acceptors (Lipinski definition) is 3. The Morgan fingerprint density at radius 3 is 2.39 bits per heavy atom. The molecule has 5 heteroatoms. The van der Waals surface area contributed by atoms with Crippen molar-refractivity contribution in [3.8, 4) is 11.3 Å². The quantitative estimate of drug-likeness (QED) is 0.748. The number of benzene rings is 2. The minimum Gasteiger partial charge on any atom is -0.478 e. The minimum atomic E-state index is -0.940. The van der Waals surface area contributed by atoms with Gasteiger partial charge < -0.3 is 5.11 Å². The van der Waals surface area contributed by atoms with Gasteiger partial charge in [0.2, 0.25) is 0 Å². The van der Waals surface area contributed by atoms with Gasteiger partial charge in [-0.3, -0.25) is 0 Å². The lowest BCUT2D eigenvalue weighted by Gasteiger charge is -1.96. The molecule has 0 atom stereocenters. The largest absolute Gasteiger partial charge is 0.478 e. The molecule has 0 saturated heterocycles. The number of thiazole rings is 1. The highest BCUT2D eigenvalue weighted by atomic mass is 32.1. The molecule has 0 spiro atoms. The van der Waals surface area contributed by atoms with Gasteiger partial charge in [0.15, 0.2) is 0 Å². The highest BCUT2D eigenvalue weighted by Gasteiger charge is 2.03. The number of carboxylic acid groups (broad SMARTS) is 1. The first-order chi connectivity index (χ1) is 11.1. The first kappa shape index (κ1) is 15.1. The molecule has 0 radical (unpaired) electrons. The molecule has 3 rings (SSSR count). The van der Waals surface area contributed by atoms with Gasteiger partial charge in [0.1, 0.15) is 10.8 Å². The molecule has 1 heterocycles. The van der Waals surface area contributed by atoms with Crippen molar-refractivity contribution in [1.29, 1.82) is 0 Å². The number of rotatable bonds is 4. The van der Waals surface area contributed by atoms with E-state index < -0.39 is 5.97 Å². The first-order valence-electron chi connectivity index (χ1n) is 6.85. The summed E-state index contributed by atoms with van der Waals surface area (Å²) >= 11 is 1.49. The Labute approximate surface area is 136 Å². The fourth-order valence-corrected chi connectivity index (χ4v) is 2.74. The fourth-order valence-electron chi connectivity index (χ4n) is 2.02. The number of hydrogen-bond donors (Lipinski definition) is 1. The molecule has 1 aromatic heterocycles. The second-order valence-electron chi connectivity index (χ2n) is 4.84. The zero-order chi connectivity index (χ0) is 16.2. The lowest BCUT2D eigenvalue weighted by molar-refractivity contribution is 0.0697. The van der Waals surface area contributed by atoms with E-state index in [9.17, 15) is 9.18 Å². The topological polar surface area (TPSA) is 50.2 Å². The van der Waals surface area contributed by atoms with E-state index in [0.29, 0.717) is 0 Å². The Balaban J connectivity index is 1.75. The van der Waals surface area contributed by atoms with Crippen LogP contribution in [0.5, 0.6) is 0 Å². The van der Waals surface area contributed by atoms with E-state index >= 15 is 0 Å². The van der Waals surface area contributed by atoms with Crippen molar-refractivity contribution < 1.29 is 14.3 Å². The highest BCUT2D eigenvalue weighted by molar-refractivity contribution is 7.10. The fraction of sp³-hybridized carbons (Fsp3) is 0. The number of carboxylic acids is 1. The van der Waals surface area contributed by atoms with Crippen LogP contribution in [-0.2, 0) is 0 Å². The molecule has 23 heavy (non-hydrogen) atoms. The van der Waals surface area contributed by atoms with E-state index in [1.54, 1.807) is 36.4 Å². The van der Waals surface area contributed by atoms with E-state index in [4.69, 9.17) is 5.11 Å². The van der Waals surface area contributed by atoms with Gasteiger partial charge in [-0.2, -0.15) is 0 Å². The molecule has 0 aliphatic heterocycles. The average Bonchev–Trinajstić information content (AvgIpc) is 3.03. The van der Waals surface area contributed by atoms with E-state index in [1.807, 2.05) is 17.5 Å². The summed E-state index contributed by atoms with van der Waals surface area (Å²) in [4.78, 5) is 15.3. The number of halogens is 1. The molecule has 0 amide bonds. The maximum atomic E-state index is 12.9. The predicted molar refractivity (Wildman–Crippen MR) is 89.8 cm³/mol. The molecule has 114 valence electrons. The zero-order valence-corrected chi connectivity index (χ0v) is 12.8. The number of aromatic carboxylic acids is 1. The summed E-state index contributed by atoms with van der Waals surface area (Å²) in [6.45, 7) is 0. The third-order valence-electron chi connectivity index (χ3n) is 3.24. The molecule has 0 saturated carbocycles. The minimum absolute atomic E-state index is 0.259. The van der Waals surface area contributed by atoms with Crippen molar-refractivity contribution in [3.05, 3.63) is 75.9 Å². The maximum Gasteiger partial charge on any atom is 0.335 e. The van der Waals surface area contributed by atoms with Crippen LogP contribution in [0.25, 0.3) is 23.4 Å². The lowest BCUT2D eigenvalue weighted by Crippen LogP contribution is -1.94. The van der Waals surface area contributed by atoms with E-state index in [0.717, 1.165) is 21.8 Å². The van der Waals surface area contributed by atoms with E-state index in [2.05, 4.69) is 4.98 Å². The summed E-state index contributed by atoms with van der Waals surface area (Å²) in [6.07, 6.45) is 3.74. The standard InChI is InChI=1S/C18H12FNO2S/c19-15-8-6-13(7-9-15)16-11-23-17(20-16)10-3-12-1-4-14(5-2-12)18(21)22/h1-11H,(H,21,22)/b10-3+. The van der Waals surface area contributed by atoms with Gasteiger partial charge in [0.25, 0.3) is 0 Å². The average molecular weight is 325 g/mol.